The van der Waals surface area contributed by atoms with Gasteiger partial charge < -0.3 is 20.5 Å². The largest absolute Gasteiger partial charge is 0.393 e. The van der Waals surface area contributed by atoms with E-state index < -0.39 is 0 Å². The van der Waals surface area contributed by atoms with Crippen LogP contribution < -0.4 is 10.6 Å². The first kappa shape index (κ1) is 13.4. The lowest BCUT2D eigenvalue weighted by atomic mass is 10.2. The van der Waals surface area contributed by atoms with Crippen molar-refractivity contribution >= 4 is 5.91 Å². The number of carbonyl (C=O) groups excluding carboxylic acids is 1. The Hall–Kier alpha value is -0.650. The molecular weight excluding hydrogens is 208 g/mol. The molecule has 94 valence electrons. The average molecular weight is 230 g/mol. The Balaban J connectivity index is 1.93. The number of rotatable bonds is 7. The summed E-state index contributed by atoms with van der Waals surface area (Å²) in [6.45, 7) is 4.14. The Morgan fingerprint density at radius 2 is 2.44 bits per heavy atom. The molecular formula is C11H22N2O3. The molecule has 0 bridgehead atoms. The second-order valence-electron chi connectivity index (χ2n) is 4.25. The standard InChI is InChI=1S/C11H22N2O3/c1-9(14)4-5-13-11(15)8-12-7-10-3-2-6-16-10/h9-10,12,14H,2-8H2,1H3,(H,13,15). The van der Waals surface area contributed by atoms with E-state index >= 15 is 0 Å². The van der Waals surface area contributed by atoms with Gasteiger partial charge in [-0.15, -0.1) is 0 Å². The first-order valence-electron chi connectivity index (χ1n) is 5.95. The molecule has 5 nitrogen and oxygen atoms in total. The number of ether oxygens (including phenoxy) is 1. The molecule has 3 N–H and O–H groups in total. The Labute approximate surface area is 96.6 Å². The highest BCUT2D eigenvalue weighted by Gasteiger charge is 2.14. The lowest BCUT2D eigenvalue weighted by molar-refractivity contribution is -0.120. The van der Waals surface area contributed by atoms with Gasteiger partial charge in [-0.05, 0) is 26.2 Å². The zero-order valence-corrected chi connectivity index (χ0v) is 9.87. The fourth-order valence-electron chi connectivity index (χ4n) is 1.63. The third kappa shape index (κ3) is 6.05. The van der Waals surface area contributed by atoms with Crippen LogP contribution in [0.25, 0.3) is 0 Å². The van der Waals surface area contributed by atoms with Gasteiger partial charge in [-0.2, -0.15) is 0 Å². The van der Waals surface area contributed by atoms with Crippen molar-refractivity contribution in [2.75, 3.05) is 26.2 Å². The minimum Gasteiger partial charge on any atom is -0.393 e. The third-order valence-electron chi connectivity index (χ3n) is 2.57. The van der Waals surface area contributed by atoms with Crippen LogP contribution in [0.1, 0.15) is 26.2 Å². The number of carbonyl (C=O) groups is 1. The summed E-state index contributed by atoms with van der Waals surface area (Å²) in [7, 11) is 0. The van der Waals surface area contributed by atoms with Crippen LogP contribution in [-0.4, -0.2) is 49.5 Å². The number of aliphatic hydroxyl groups is 1. The molecule has 0 radical (unpaired) electrons. The lowest BCUT2D eigenvalue weighted by Gasteiger charge is -2.11. The van der Waals surface area contributed by atoms with Gasteiger partial charge in [-0.25, -0.2) is 0 Å². The van der Waals surface area contributed by atoms with E-state index in [1.165, 1.54) is 0 Å². The van der Waals surface area contributed by atoms with Crippen molar-refractivity contribution in [2.45, 2.75) is 38.4 Å². The number of hydrogen-bond donors (Lipinski definition) is 3. The van der Waals surface area contributed by atoms with E-state index in [2.05, 4.69) is 10.6 Å². The molecule has 2 atom stereocenters. The molecule has 1 aliphatic heterocycles. The van der Waals surface area contributed by atoms with Crippen molar-refractivity contribution in [2.24, 2.45) is 0 Å². The number of amides is 1. The molecule has 1 amide bonds. The summed E-state index contributed by atoms with van der Waals surface area (Å²) in [4.78, 5) is 11.3. The molecule has 0 aromatic heterocycles. The molecule has 0 spiro atoms. The fourth-order valence-corrected chi connectivity index (χ4v) is 1.63. The van der Waals surface area contributed by atoms with Crippen molar-refractivity contribution in [3.63, 3.8) is 0 Å². The van der Waals surface area contributed by atoms with E-state index in [0.29, 0.717) is 19.5 Å². The number of hydrogen-bond acceptors (Lipinski definition) is 4. The van der Waals surface area contributed by atoms with Crippen LogP contribution in [0.15, 0.2) is 0 Å². The van der Waals surface area contributed by atoms with Crippen molar-refractivity contribution in [1.29, 1.82) is 0 Å². The normalized spacial score (nSPS) is 22.0. The number of nitrogens with one attached hydrogen (secondary N) is 2. The highest BCUT2D eigenvalue weighted by atomic mass is 16.5. The lowest BCUT2D eigenvalue weighted by Crippen LogP contribution is -2.38. The third-order valence-corrected chi connectivity index (χ3v) is 2.57. The molecule has 0 aromatic carbocycles. The predicted molar refractivity (Wildman–Crippen MR) is 61.2 cm³/mol. The van der Waals surface area contributed by atoms with Gasteiger partial charge in [0.25, 0.3) is 0 Å². The first-order valence-corrected chi connectivity index (χ1v) is 5.95. The van der Waals surface area contributed by atoms with Crippen molar-refractivity contribution in [3.05, 3.63) is 0 Å². The molecule has 2 unspecified atom stereocenters. The maximum Gasteiger partial charge on any atom is 0.233 e. The van der Waals surface area contributed by atoms with E-state index in [9.17, 15) is 4.79 Å². The summed E-state index contributed by atoms with van der Waals surface area (Å²) in [5.74, 6) is -0.0290. The van der Waals surface area contributed by atoms with Gasteiger partial charge in [0, 0.05) is 19.7 Å². The molecule has 0 aromatic rings. The highest BCUT2D eigenvalue weighted by molar-refractivity contribution is 5.77. The second kappa shape index (κ2) is 7.60. The summed E-state index contributed by atoms with van der Waals surface area (Å²) >= 11 is 0. The Morgan fingerprint density at radius 3 is 3.06 bits per heavy atom. The SMILES string of the molecule is CC(O)CCNC(=O)CNCC1CCCO1. The van der Waals surface area contributed by atoms with Crippen molar-refractivity contribution in [1.82, 2.24) is 10.6 Å². The van der Waals surface area contributed by atoms with Gasteiger partial charge in [0.2, 0.25) is 5.91 Å². The minimum atomic E-state index is -0.361. The molecule has 0 saturated carbocycles. The van der Waals surface area contributed by atoms with Gasteiger partial charge in [0.1, 0.15) is 0 Å². The fraction of sp³-hybridized carbons (Fsp3) is 0.909. The Bertz CT molecular complexity index is 203. The monoisotopic (exact) mass is 230 g/mol. The average Bonchev–Trinajstić information content (AvgIpc) is 2.70. The van der Waals surface area contributed by atoms with Crippen LogP contribution in [0.5, 0.6) is 0 Å². The molecule has 1 heterocycles. The second-order valence-corrected chi connectivity index (χ2v) is 4.25. The van der Waals surface area contributed by atoms with Crippen LogP contribution in [0.3, 0.4) is 0 Å². The maximum atomic E-state index is 11.3. The smallest absolute Gasteiger partial charge is 0.233 e. The van der Waals surface area contributed by atoms with Crippen LogP contribution in [0.2, 0.25) is 0 Å². The zero-order chi connectivity index (χ0) is 11.8. The maximum absolute atomic E-state index is 11.3. The highest BCUT2D eigenvalue weighted by Crippen LogP contribution is 2.10. The molecule has 1 rings (SSSR count). The van der Waals surface area contributed by atoms with Gasteiger partial charge in [-0.1, -0.05) is 0 Å². The summed E-state index contributed by atoms with van der Waals surface area (Å²) < 4.78 is 5.42. The van der Waals surface area contributed by atoms with Gasteiger partial charge in [-0.3, -0.25) is 4.79 Å². The van der Waals surface area contributed by atoms with E-state index in [-0.39, 0.29) is 18.1 Å². The minimum absolute atomic E-state index is 0.0290. The summed E-state index contributed by atoms with van der Waals surface area (Å²) in [6, 6.07) is 0. The molecule has 1 fully saturated rings. The van der Waals surface area contributed by atoms with Crippen LogP contribution in [0, 0.1) is 0 Å². The van der Waals surface area contributed by atoms with E-state index in [0.717, 1.165) is 26.0 Å². The molecule has 1 aliphatic rings. The van der Waals surface area contributed by atoms with E-state index in [1.54, 1.807) is 6.92 Å². The molecule has 1 saturated heterocycles. The Morgan fingerprint density at radius 1 is 1.62 bits per heavy atom. The van der Waals surface area contributed by atoms with Gasteiger partial charge in [0.05, 0.1) is 18.8 Å². The first-order chi connectivity index (χ1) is 7.68. The quantitative estimate of drug-likeness (QED) is 0.559. The molecule has 16 heavy (non-hydrogen) atoms. The Kier molecular flexibility index (Phi) is 6.37. The topological polar surface area (TPSA) is 70.6 Å². The summed E-state index contributed by atoms with van der Waals surface area (Å²) in [5, 5.41) is 14.8. The molecule has 0 aliphatic carbocycles. The van der Waals surface area contributed by atoms with Crippen LogP contribution in [0.4, 0.5) is 0 Å². The predicted octanol–water partition coefficient (Wildman–Crippen LogP) is -0.358. The number of aliphatic hydroxyl groups excluding tert-OH is 1. The van der Waals surface area contributed by atoms with E-state index in [1.807, 2.05) is 0 Å². The van der Waals surface area contributed by atoms with Gasteiger partial charge >= 0.3 is 0 Å². The van der Waals surface area contributed by atoms with Crippen molar-refractivity contribution < 1.29 is 14.6 Å². The zero-order valence-electron chi connectivity index (χ0n) is 9.87. The summed E-state index contributed by atoms with van der Waals surface area (Å²) in [6.07, 6.45) is 2.70. The van der Waals surface area contributed by atoms with Crippen molar-refractivity contribution in [3.8, 4) is 0 Å². The summed E-state index contributed by atoms with van der Waals surface area (Å²) in [5.41, 5.74) is 0. The van der Waals surface area contributed by atoms with Crippen LogP contribution >= 0.6 is 0 Å². The van der Waals surface area contributed by atoms with Gasteiger partial charge in [0.15, 0.2) is 0 Å². The molecule has 5 heteroatoms. The van der Waals surface area contributed by atoms with E-state index in [4.69, 9.17) is 9.84 Å². The van der Waals surface area contributed by atoms with Crippen LogP contribution in [-0.2, 0) is 9.53 Å².